The number of fused-ring (bicyclic) bond motifs is 1. The minimum absolute atomic E-state index is 0.187. The van der Waals surface area contributed by atoms with Gasteiger partial charge in [0.1, 0.15) is 11.3 Å². The predicted molar refractivity (Wildman–Crippen MR) is 77.6 cm³/mol. The maximum atomic E-state index is 7.52. The fourth-order valence-electron chi connectivity index (χ4n) is 1.74. The van der Waals surface area contributed by atoms with Gasteiger partial charge in [0.05, 0.1) is 12.4 Å². The molecule has 0 fully saturated rings. The van der Waals surface area contributed by atoms with Crippen LogP contribution in [0.3, 0.4) is 0 Å². The maximum absolute atomic E-state index is 7.52. The largest absolute Gasteiger partial charge is 0.491 e. The number of nitrogens with zero attached hydrogens (tertiary/aromatic N) is 1. The van der Waals surface area contributed by atoms with Gasteiger partial charge in [0, 0.05) is 17.0 Å². The molecule has 19 heavy (non-hydrogen) atoms. The fraction of sp³-hybridized carbons (Fsp3) is 0.333. The third kappa shape index (κ3) is 3.02. The Bertz CT molecular complexity index is 587. The lowest BCUT2D eigenvalue weighted by Crippen LogP contribution is -2.32. The lowest BCUT2D eigenvalue weighted by Gasteiger charge is -2.22. The van der Waals surface area contributed by atoms with Gasteiger partial charge in [-0.1, -0.05) is 32.0 Å². The summed E-state index contributed by atoms with van der Waals surface area (Å²) in [6.45, 7) is 4.41. The van der Waals surface area contributed by atoms with Crippen molar-refractivity contribution in [3.63, 3.8) is 0 Å². The molecule has 0 atom stereocenters. The Morgan fingerprint density at radius 3 is 2.79 bits per heavy atom. The van der Waals surface area contributed by atoms with Crippen molar-refractivity contribution in [2.24, 2.45) is 11.1 Å². The van der Waals surface area contributed by atoms with E-state index in [1.54, 1.807) is 6.20 Å². The van der Waals surface area contributed by atoms with E-state index in [1.165, 1.54) is 0 Å². The molecule has 1 aromatic carbocycles. The lowest BCUT2D eigenvalue weighted by atomic mass is 9.88. The topological polar surface area (TPSA) is 72.0 Å². The number of amidine groups is 1. The first-order chi connectivity index (χ1) is 9.00. The Kier molecular flexibility index (Phi) is 3.69. The van der Waals surface area contributed by atoms with Gasteiger partial charge >= 0.3 is 0 Å². The molecule has 0 spiro atoms. The van der Waals surface area contributed by atoms with E-state index in [1.807, 2.05) is 44.2 Å². The van der Waals surface area contributed by atoms with E-state index in [9.17, 15) is 0 Å². The molecule has 0 saturated carbocycles. The highest BCUT2D eigenvalue weighted by molar-refractivity contribution is 5.84. The molecule has 0 radical (unpaired) electrons. The van der Waals surface area contributed by atoms with Crippen molar-refractivity contribution in [2.45, 2.75) is 20.3 Å². The van der Waals surface area contributed by atoms with Crippen molar-refractivity contribution in [1.29, 1.82) is 5.41 Å². The van der Waals surface area contributed by atoms with Gasteiger partial charge in [0.15, 0.2) is 0 Å². The Morgan fingerprint density at radius 1 is 1.32 bits per heavy atom. The summed E-state index contributed by atoms with van der Waals surface area (Å²) in [6, 6.07) is 9.79. The van der Waals surface area contributed by atoms with Gasteiger partial charge in [-0.15, -0.1) is 0 Å². The van der Waals surface area contributed by atoms with E-state index in [0.29, 0.717) is 13.0 Å². The number of nitrogens with two attached hydrogens (primary N) is 1. The normalized spacial score (nSPS) is 11.5. The monoisotopic (exact) mass is 257 g/mol. The smallest absolute Gasteiger partial charge is 0.145 e. The van der Waals surface area contributed by atoms with Gasteiger partial charge < -0.3 is 10.5 Å². The quantitative estimate of drug-likeness (QED) is 0.639. The minimum atomic E-state index is -0.335. The zero-order valence-electron chi connectivity index (χ0n) is 11.3. The minimum Gasteiger partial charge on any atom is -0.491 e. The van der Waals surface area contributed by atoms with E-state index in [0.717, 1.165) is 16.7 Å². The van der Waals surface area contributed by atoms with Crippen LogP contribution in [-0.2, 0) is 0 Å². The third-order valence-corrected chi connectivity index (χ3v) is 3.31. The van der Waals surface area contributed by atoms with E-state index in [4.69, 9.17) is 15.9 Å². The number of hydrogen-bond acceptors (Lipinski definition) is 3. The van der Waals surface area contributed by atoms with Crippen LogP contribution >= 0.6 is 0 Å². The van der Waals surface area contributed by atoms with Crippen LogP contribution in [0.1, 0.15) is 20.3 Å². The molecule has 4 nitrogen and oxygen atoms in total. The van der Waals surface area contributed by atoms with Crippen molar-refractivity contribution in [2.75, 3.05) is 6.61 Å². The van der Waals surface area contributed by atoms with E-state index < -0.39 is 0 Å². The highest BCUT2D eigenvalue weighted by Crippen LogP contribution is 2.25. The summed E-state index contributed by atoms with van der Waals surface area (Å²) >= 11 is 0. The molecule has 0 amide bonds. The van der Waals surface area contributed by atoms with Crippen molar-refractivity contribution in [3.8, 4) is 5.75 Å². The van der Waals surface area contributed by atoms with Gasteiger partial charge in [-0.3, -0.25) is 10.4 Å². The molecule has 0 aliphatic rings. The molecule has 3 N–H and O–H groups in total. The summed E-state index contributed by atoms with van der Waals surface area (Å²) in [4.78, 5) is 4.34. The van der Waals surface area contributed by atoms with Crippen LogP contribution in [-0.4, -0.2) is 17.4 Å². The number of para-hydroxylation sites is 1. The molecular weight excluding hydrogens is 238 g/mol. The van der Waals surface area contributed by atoms with Gasteiger partial charge in [-0.05, 0) is 18.6 Å². The Balaban J connectivity index is 2.09. The Labute approximate surface area is 113 Å². The molecule has 100 valence electrons. The van der Waals surface area contributed by atoms with Gasteiger partial charge in [0.25, 0.3) is 0 Å². The molecule has 0 unspecified atom stereocenters. The molecular formula is C15H19N3O. The van der Waals surface area contributed by atoms with Crippen LogP contribution in [0, 0.1) is 10.8 Å². The van der Waals surface area contributed by atoms with Crippen LogP contribution < -0.4 is 10.5 Å². The van der Waals surface area contributed by atoms with Gasteiger partial charge in [-0.2, -0.15) is 0 Å². The van der Waals surface area contributed by atoms with Crippen LogP contribution in [0.2, 0.25) is 0 Å². The van der Waals surface area contributed by atoms with Crippen molar-refractivity contribution in [3.05, 3.63) is 36.5 Å². The second-order valence-corrected chi connectivity index (χ2v) is 5.23. The fourth-order valence-corrected chi connectivity index (χ4v) is 1.74. The lowest BCUT2D eigenvalue weighted by molar-refractivity contribution is 0.271. The molecule has 0 bridgehead atoms. The number of aromatic nitrogens is 1. The van der Waals surface area contributed by atoms with Crippen LogP contribution in [0.4, 0.5) is 0 Å². The van der Waals surface area contributed by atoms with E-state index in [-0.39, 0.29) is 11.3 Å². The number of pyridine rings is 1. The van der Waals surface area contributed by atoms with Crippen molar-refractivity contribution >= 4 is 16.7 Å². The summed E-state index contributed by atoms with van der Waals surface area (Å²) in [5.74, 6) is 0.963. The molecule has 1 aromatic heterocycles. The summed E-state index contributed by atoms with van der Waals surface area (Å²) < 4.78 is 5.79. The van der Waals surface area contributed by atoms with Gasteiger partial charge in [-0.25, -0.2) is 0 Å². The maximum Gasteiger partial charge on any atom is 0.145 e. The standard InChI is InChI=1S/C15H19N3O/c1-15(2,14(16)17)8-10-19-12-7-3-5-11-6-4-9-18-13(11)12/h3-7,9H,8,10H2,1-2H3,(H3,16,17). The molecule has 4 heteroatoms. The SMILES string of the molecule is CC(C)(CCOc1cccc2cccnc12)C(=N)N. The number of rotatable bonds is 5. The highest BCUT2D eigenvalue weighted by Gasteiger charge is 2.21. The van der Waals surface area contributed by atoms with Crippen LogP contribution in [0.5, 0.6) is 5.75 Å². The van der Waals surface area contributed by atoms with Crippen molar-refractivity contribution in [1.82, 2.24) is 4.98 Å². The first-order valence-electron chi connectivity index (χ1n) is 6.32. The van der Waals surface area contributed by atoms with Crippen LogP contribution in [0.25, 0.3) is 10.9 Å². The zero-order valence-corrected chi connectivity index (χ0v) is 11.3. The van der Waals surface area contributed by atoms with Crippen molar-refractivity contribution < 1.29 is 4.74 Å². The third-order valence-electron chi connectivity index (χ3n) is 3.31. The average molecular weight is 257 g/mol. The molecule has 0 aliphatic carbocycles. The highest BCUT2D eigenvalue weighted by atomic mass is 16.5. The van der Waals surface area contributed by atoms with Gasteiger partial charge in [0.2, 0.25) is 0 Å². The van der Waals surface area contributed by atoms with Crippen LogP contribution in [0.15, 0.2) is 36.5 Å². The Hall–Kier alpha value is -2.10. The summed E-state index contributed by atoms with van der Waals surface area (Å²) in [5, 5.41) is 8.58. The Morgan fingerprint density at radius 2 is 2.05 bits per heavy atom. The predicted octanol–water partition coefficient (Wildman–Crippen LogP) is 2.97. The number of benzene rings is 1. The number of hydrogen-bond donors (Lipinski definition) is 2. The zero-order chi connectivity index (χ0) is 13.9. The number of nitrogens with one attached hydrogen (secondary N) is 1. The second-order valence-electron chi connectivity index (χ2n) is 5.23. The van der Waals surface area contributed by atoms with E-state index in [2.05, 4.69) is 4.98 Å². The summed E-state index contributed by atoms with van der Waals surface area (Å²) in [7, 11) is 0. The first kappa shape index (κ1) is 13.3. The molecule has 2 aromatic rings. The molecule has 1 heterocycles. The number of ether oxygens (including phenoxy) is 1. The summed E-state index contributed by atoms with van der Waals surface area (Å²) in [5.41, 5.74) is 6.09. The second kappa shape index (κ2) is 5.26. The summed E-state index contributed by atoms with van der Waals surface area (Å²) in [6.07, 6.45) is 2.46. The molecule has 0 saturated heterocycles. The average Bonchev–Trinajstić information content (AvgIpc) is 2.38. The van der Waals surface area contributed by atoms with E-state index >= 15 is 0 Å². The first-order valence-corrected chi connectivity index (χ1v) is 6.32. The molecule has 2 rings (SSSR count). The molecule has 0 aliphatic heterocycles.